The lowest BCUT2D eigenvalue weighted by Crippen LogP contribution is -2.49. The van der Waals surface area contributed by atoms with Crippen LogP contribution in [-0.2, 0) is 14.8 Å². The summed E-state index contributed by atoms with van der Waals surface area (Å²) in [6.07, 6.45) is 2.69. The molecule has 1 unspecified atom stereocenters. The summed E-state index contributed by atoms with van der Waals surface area (Å²) in [4.78, 5) is 13.8. The molecule has 1 aliphatic rings. The third-order valence-corrected chi connectivity index (χ3v) is 4.33. The van der Waals surface area contributed by atoms with Gasteiger partial charge in [-0.05, 0) is 25.0 Å². The fourth-order valence-electron chi connectivity index (χ4n) is 2.57. The summed E-state index contributed by atoms with van der Waals surface area (Å²) in [5, 5.41) is 0. The van der Waals surface area contributed by atoms with Gasteiger partial charge in [-0.15, -0.1) is 0 Å². The van der Waals surface area contributed by atoms with Crippen LogP contribution >= 0.6 is 0 Å². The van der Waals surface area contributed by atoms with Crippen LogP contribution in [0, 0.1) is 5.82 Å². The lowest BCUT2D eigenvalue weighted by Gasteiger charge is -2.32. The summed E-state index contributed by atoms with van der Waals surface area (Å²) in [6.45, 7) is 1.03. The summed E-state index contributed by atoms with van der Waals surface area (Å²) in [5.74, 6) is -0.466. The van der Waals surface area contributed by atoms with E-state index >= 15 is 0 Å². The number of carbonyl (C=O) groups excluding carboxylic acids is 1. The lowest BCUT2D eigenvalue weighted by molar-refractivity contribution is -0.133. The third kappa shape index (κ3) is 5.80. The van der Waals surface area contributed by atoms with Gasteiger partial charge in [0.25, 0.3) is 0 Å². The molecular weight excluding hydrogens is 323 g/mol. The second-order valence-electron chi connectivity index (χ2n) is 5.60. The Labute approximate surface area is 135 Å². The van der Waals surface area contributed by atoms with Crippen LogP contribution in [0.15, 0.2) is 24.3 Å². The van der Waals surface area contributed by atoms with Crippen LogP contribution in [0.2, 0.25) is 0 Å². The van der Waals surface area contributed by atoms with Crippen molar-refractivity contribution in [2.45, 2.75) is 25.3 Å². The number of amides is 1. The maximum Gasteiger partial charge on any atom is 0.226 e. The van der Waals surface area contributed by atoms with Crippen molar-refractivity contribution in [1.29, 1.82) is 0 Å². The average Bonchev–Trinajstić information content (AvgIpc) is 2.47. The predicted octanol–water partition coefficient (Wildman–Crippen LogP) is 1.13. The minimum absolute atomic E-state index is 0.0838. The van der Waals surface area contributed by atoms with Crippen LogP contribution < -0.4 is 9.46 Å². The van der Waals surface area contributed by atoms with Crippen LogP contribution in [-0.4, -0.2) is 51.2 Å². The molecule has 0 saturated carbocycles. The minimum Gasteiger partial charge on any atom is -0.490 e. The van der Waals surface area contributed by atoms with Gasteiger partial charge in [0, 0.05) is 19.1 Å². The van der Waals surface area contributed by atoms with Crippen molar-refractivity contribution in [1.82, 2.24) is 9.62 Å². The number of hydrogen-bond donors (Lipinski definition) is 1. The van der Waals surface area contributed by atoms with E-state index in [2.05, 4.69) is 4.72 Å². The maximum absolute atomic E-state index is 13.4. The van der Waals surface area contributed by atoms with Crippen molar-refractivity contribution in [3.63, 3.8) is 0 Å². The number of nitrogens with one attached hydrogen (secondary N) is 1. The van der Waals surface area contributed by atoms with E-state index in [1.165, 1.54) is 12.1 Å². The summed E-state index contributed by atoms with van der Waals surface area (Å²) in [6, 6.07) is 5.77. The summed E-state index contributed by atoms with van der Waals surface area (Å²) >= 11 is 0. The first kappa shape index (κ1) is 17.7. The number of piperidine rings is 1. The molecule has 0 bridgehead atoms. The molecule has 0 aromatic heterocycles. The van der Waals surface area contributed by atoms with Crippen LogP contribution in [0.5, 0.6) is 5.75 Å². The molecule has 0 spiro atoms. The van der Waals surface area contributed by atoms with Crippen LogP contribution in [0.25, 0.3) is 0 Å². The van der Waals surface area contributed by atoms with Gasteiger partial charge in [-0.3, -0.25) is 4.79 Å². The van der Waals surface area contributed by atoms with Crippen molar-refractivity contribution >= 4 is 15.9 Å². The Kier molecular flexibility index (Phi) is 5.95. The molecule has 1 atom stereocenters. The molecule has 1 fully saturated rings. The Bertz CT molecular complexity index is 651. The van der Waals surface area contributed by atoms with Gasteiger partial charge in [-0.2, -0.15) is 0 Å². The number of para-hydroxylation sites is 1. The van der Waals surface area contributed by atoms with E-state index in [1.54, 1.807) is 17.0 Å². The minimum atomic E-state index is -3.28. The van der Waals surface area contributed by atoms with Crippen LogP contribution in [0.3, 0.4) is 0 Å². The highest BCUT2D eigenvalue weighted by molar-refractivity contribution is 7.88. The van der Waals surface area contributed by atoms with Gasteiger partial charge >= 0.3 is 0 Å². The second-order valence-corrected chi connectivity index (χ2v) is 7.38. The lowest BCUT2D eigenvalue weighted by atomic mass is 10.1. The van der Waals surface area contributed by atoms with Crippen molar-refractivity contribution in [2.75, 3.05) is 26.0 Å². The topological polar surface area (TPSA) is 75.7 Å². The Balaban J connectivity index is 1.80. The van der Waals surface area contributed by atoms with E-state index in [4.69, 9.17) is 4.74 Å². The summed E-state index contributed by atoms with van der Waals surface area (Å²) in [5.41, 5.74) is 0. The molecule has 128 valence electrons. The third-order valence-electron chi connectivity index (χ3n) is 3.56. The fraction of sp³-hybridized carbons (Fsp3) is 0.533. The highest BCUT2D eigenvalue weighted by Crippen LogP contribution is 2.16. The number of carbonyl (C=O) groups is 1. The summed E-state index contributed by atoms with van der Waals surface area (Å²) in [7, 11) is -3.28. The van der Waals surface area contributed by atoms with Gasteiger partial charge < -0.3 is 9.64 Å². The fourth-order valence-corrected chi connectivity index (χ4v) is 3.37. The second kappa shape index (κ2) is 7.74. The van der Waals surface area contributed by atoms with Crippen molar-refractivity contribution in [2.24, 2.45) is 0 Å². The number of nitrogens with zero attached hydrogens (tertiary/aromatic N) is 1. The molecule has 1 aromatic rings. The molecule has 1 N–H and O–H groups in total. The highest BCUT2D eigenvalue weighted by Gasteiger charge is 2.25. The van der Waals surface area contributed by atoms with Gasteiger partial charge in [0.1, 0.15) is 0 Å². The van der Waals surface area contributed by atoms with Crippen LogP contribution in [0.4, 0.5) is 4.39 Å². The number of sulfonamides is 1. The van der Waals surface area contributed by atoms with Crippen molar-refractivity contribution < 1.29 is 22.3 Å². The van der Waals surface area contributed by atoms with Gasteiger partial charge in [0.2, 0.25) is 15.9 Å². The molecule has 1 aliphatic heterocycles. The number of halogens is 1. The molecule has 6 nitrogen and oxygen atoms in total. The van der Waals surface area contributed by atoms with Crippen molar-refractivity contribution in [3.05, 3.63) is 30.1 Å². The standard InChI is InChI=1S/C15H21FN2O4S/c1-23(20,21)17-12-5-4-9-18(11-12)15(19)8-10-22-14-7-3-2-6-13(14)16/h2-3,6-7,12,17H,4-5,8-11H2,1H3. The van der Waals surface area contributed by atoms with E-state index in [0.29, 0.717) is 19.5 Å². The Morgan fingerprint density at radius 3 is 2.87 bits per heavy atom. The smallest absolute Gasteiger partial charge is 0.226 e. The van der Waals surface area contributed by atoms with E-state index in [1.807, 2.05) is 0 Å². The maximum atomic E-state index is 13.4. The van der Waals surface area contributed by atoms with Gasteiger partial charge in [-0.1, -0.05) is 12.1 Å². The van der Waals surface area contributed by atoms with E-state index in [-0.39, 0.29) is 30.7 Å². The summed E-state index contributed by atoms with van der Waals surface area (Å²) < 4.78 is 43.7. The largest absolute Gasteiger partial charge is 0.490 e. The molecule has 1 amide bonds. The molecule has 23 heavy (non-hydrogen) atoms. The van der Waals surface area contributed by atoms with Crippen molar-refractivity contribution in [3.8, 4) is 5.75 Å². The molecule has 1 saturated heterocycles. The SMILES string of the molecule is CS(=O)(=O)NC1CCCN(C(=O)CCOc2ccccc2F)C1. The predicted molar refractivity (Wildman–Crippen MR) is 84.1 cm³/mol. The zero-order chi connectivity index (χ0) is 16.9. The normalized spacial score (nSPS) is 18.7. The molecule has 1 heterocycles. The zero-order valence-corrected chi connectivity index (χ0v) is 13.8. The number of hydrogen-bond acceptors (Lipinski definition) is 4. The number of ether oxygens (including phenoxy) is 1. The van der Waals surface area contributed by atoms with Gasteiger partial charge in [-0.25, -0.2) is 17.5 Å². The van der Waals surface area contributed by atoms with Gasteiger partial charge in [0.05, 0.1) is 19.3 Å². The molecule has 0 aliphatic carbocycles. The molecular formula is C15H21FN2O4S. The zero-order valence-electron chi connectivity index (χ0n) is 13.0. The molecule has 8 heteroatoms. The van der Waals surface area contributed by atoms with E-state index in [0.717, 1.165) is 12.7 Å². The van der Waals surface area contributed by atoms with Crippen LogP contribution in [0.1, 0.15) is 19.3 Å². The number of benzene rings is 1. The first-order chi connectivity index (χ1) is 10.8. The Morgan fingerprint density at radius 1 is 1.43 bits per heavy atom. The highest BCUT2D eigenvalue weighted by atomic mass is 32.2. The number of rotatable bonds is 6. The van der Waals surface area contributed by atoms with Gasteiger partial charge in [0.15, 0.2) is 11.6 Å². The first-order valence-corrected chi connectivity index (χ1v) is 9.37. The Hall–Kier alpha value is -1.67. The number of likely N-dealkylation sites (tertiary alicyclic amines) is 1. The Morgan fingerprint density at radius 2 is 2.17 bits per heavy atom. The quantitative estimate of drug-likeness (QED) is 0.839. The first-order valence-electron chi connectivity index (χ1n) is 7.47. The molecule has 2 rings (SSSR count). The average molecular weight is 344 g/mol. The monoisotopic (exact) mass is 344 g/mol. The van der Waals surface area contributed by atoms with E-state index in [9.17, 15) is 17.6 Å². The molecule has 0 radical (unpaired) electrons. The molecule has 1 aromatic carbocycles. The van der Waals surface area contributed by atoms with E-state index < -0.39 is 15.8 Å².